The SMILES string of the molecule is Cl.Cl.N#Cc1c(F)ccc([C@H](c2ccc(OC(F)(F)F)cc2)N2CCNCC2)c1O. The van der Waals surface area contributed by atoms with Crippen LogP contribution in [0.5, 0.6) is 11.5 Å². The van der Waals surface area contributed by atoms with E-state index in [4.69, 9.17) is 5.26 Å². The highest BCUT2D eigenvalue weighted by Gasteiger charge is 2.32. The zero-order valence-electron chi connectivity index (χ0n) is 15.4. The third-order valence-corrected chi connectivity index (χ3v) is 4.51. The number of ether oxygens (including phenoxy) is 1. The zero-order chi connectivity index (χ0) is 20.3. The molecule has 0 bridgehead atoms. The Hall–Kier alpha value is -2.25. The van der Waals surface area contributed by atoms with E-state index in [1.807, 2.05) is 4.90 Å². The van der Waals surface area contributed by atoms with Crippen LogP contribution in [-0.2, 0) is 0 Å². The maximum atomic E-state index is 13.8. The smallest absolute Gasteiger partial charge is 0.506 e. The van der Waals surface area contributed by atoms with Gasteiger partial charge in [-0.25, -0.2) is 4.39 Å². The summed E-state index contributed by atoms with van der Waals surface area (Å²) in [6, 6.07) is 8.87. The van der Waals surface area contributed by atoms with Gasteiger partial charge in [0.1, 0.15) is 28.9 Å². The molecule has 5 nitrogen and oxygen atoms in total. The number of nitrogens with one attached hydrogen (secondary N) is 1. The number of alkyl halides is 3. The summed E-state index contributed by atoms with van der Waals surface area (Å²) in [6.07, 6.45) is -4.80. The number of hydrogen-bond acceptors (Lipinski definition) is 5. The molecule has 1 aliphatic rings. The van der Waals surface area contributed by atoms with Crippen LogP contribution in [0.4, 0.5) is 17.6 Å². The molecule has 1 aliphatic heterocycles. The van der Waals surface area contributed by atoms with Crippen LogP contribution in [-0.4, -0.2) is 42.5 Å². The molecule has 30 heavy (non-hydrogen) atoms. The van der Waals surface area contributed by atoms with Gasteiger partial charge in [-0.1, -0.05) is 18.2 Å². The molecule has 2 aromatic carbocycles. The van der Waals surface area contributed by atoms with E-state index >= 15 is 0 Å². The summed E-state index contributed by atoms with van der Waals surface area (Å²) in [5.74, 6) is -1.67. The van der Waals surface area contributed by atoms with Crippen molar-refractivity contribution in [2.75, 3.05) is 26.2 Å². The Morgan fingerprint density at radius 2 is 1.67 bits per heavy atom. The molecule has 1 saturated heterocycles. The summed E-state index contributed by atoms with van der Waals surface area (Å²) in [6.45, 7) is 2.56. The van der Waals surface area contributed by atoms with Crippen LogP contribution in [0.15, 0.2) is 36.4 Å². The molecule has 0 amide bonds. The largest absolute Gasteiger partial charge is 0.573 e. The second kappa shape index (κ2) is 10.7. The Morgan fingerprint density at radius 1 is 1.07 bits per heavy atom. The van der Waals surface area contributed by atoms with Crippen molar-refractivity contribution in [3.8, 4) is 17.6 Å². The molecule has 164 valence electrons. The summed E-state index contributed by atoms with van der Waals surface area (Å²) >= 11 is 0. The Kier molecular flexibility index (Phi) is 9.18. The van der Waals surface area contributed by atoms with Gasteiger partial charge in [-0.3, -0.25) is 4.90 Å². The number of phenolic OH excluding ortho intramolecular Hbond substituents is 1. The van der Waals surface area contributed by atoms with E-state index in [1.165, 1.54) is 30.3 Å². The van der Waals surface area contributed by atoms with E-state index in [0.29, 0.717) is 37.3 Å². The molecule has 1 atom stereocenters. The molecule has 1 fully saturated rings. The van der Waals surface area contributed by atoms with Crippen molar-refractivity contribution >= 4 is 24.8 Å². The van der Waals surface area contributed by atoms with Crippen LogP contribution in [0, 0.1) is 17.1 Å². The molecule has 2 N–H and O–H groups in total. The minimum atomic E-state index is -4.80. The Balaban J connectivity index is 0.00000225. The number of nitrogens with zero attached hydrogens (tertiary/aromatic N) is 2. The standard InChI is InChI=1S/C19H17F4N3O2.2ClH/c20-16-6-5-14(18(27)15(16)11-24)17(26-9-7-25-8-10-26)12-1-3-13(4-2-12)28-19(21,22)23;;/h1-6,17,25,27H,7-10H2;2*1H/t17-;;/m0../s1. The monoisotopic (exact) mass is 467 g/mol. The zero-order valence-corrected chi connectivity index (χ0v) is 17.1. The van der Waals surface area contributed by atoms with Gasteiger partial charge < -0.3 is 15.2 Å². The lowest BCUT2D eigenvalue weighted by Gasteiger charge is -2.36. The van der Waals surface area contributed by atoms with Crippen LogP contribution < -0.4 is 10.1 Å². The van der Waals surface area contributed by atoms with Crippen molar-refractivity contribution in [1.29, 1.82) is 5.26 Å². The van der Waals surface area contributed by atoms with E-state index < -0.39 is 29.5 Å². The average molecular weight is 468 g/mol. The van der Waals surface area contributed by atoms with E-state index in [1.54, 1.807) is 6.07 Å². The van der Waals surface area contributed by atoms with Crippen molar-refractivity contribution in [2.24, 2.45) is 0 Å². The third-order valence-electron chi connectivity index (χ3n) is 4.51. The number of piperazine rings is 1. The second-order valence-corrected chi connectivity index (χ2v) is 6.28. The molecule has 11 heteroatoms. The van der Waals surface area contributed by atoms with Crippen molar-refractivity contribution < 1.29 is 27.4 Å². The van der Waals surface area contributed by atoms with Gasteiger partial charge in [0.25, 0.3) is 0 Å². The number of benzene rings is 2. The molecule has 0 radical (unpaired) electrons. The number of rotatable bonds is 4. The first-order valence-electron chi connectivity index (χ1n) is 8.52. The number of phenols is 1. The van der Waals surface area contributed by atoms with E-state index in [0.717, 1.165) is 6.07 Å². The van der Waals surface area contributed by atoms with Crippen molar-refractivity contribution in [2.45, 2.75) is 12.4 Å². The summed E-state index contributed by atoms with van der Waals surface area (Å²) in [5, 5.41) is 22.8. The van der Waals surface area contributed by atoms with Crippen LogP contribution in [0.25, 0.3) is 0 Å². The van der Waals surface area contributed by atoms with Gasteiger partial charge >= 0.3 is 6.36 Å². The summed E-state index contributed by atoms with van der Waals surface area (Å²) in [4.78, 5) is 2.00. The molecule has 3 rings (SSSR count). The van der Waals surface area contributed by atoms with Crippen LogP contribution in [0.1, 0.15) is 22.7 Å². The van der Waals surface area contributed by atoms with Crippen LogP contribution in [0.2, 0.25) is 0 Å². The fraction of sp³-hybridized carbons (Fsp3) is 0.316. The maximum Gasteiger partial charge on any atom is 0.573 e. The predicted octanol–water partition coefficient (Wildman–Crippen LogP) is 4.14. The fourth-order valence-corrected chi connectivity index (χ4v) is 3.29. The highest BCUT2D eigenvalue weighted by Crippen LogP contribution is 2.38. The predicted molar refractivity (Wildman–Crippen MR) is 107 cm³/mol. The molecule has 0 spiro atoms. The van der Waals surface area contributed by atoms with Gasteiger partial charge in [0.15, 0.2) is 0 Å². The van der Waals surface area contributed by atoms with Crippen molar-refractivity contribution in [3.05, 3.63) is 58.9 Å². The van der Waals surface area contributed by atoms with E-state index in [2.05, 4.69) is 10.1 Å². The minimum absolute atomic E-state index is 0. The lowest BCUT2D eigenvalue weighted by molar-refractivity contribution is -0.274. The fourth-order valence-electron chi connectivity index (χ4n) is 3.29. The lowest BCUT2D eigenvalue weighted by Crippen LogP contribution is -2.45. The Labute approximate surface area is 183 Å². The first kappa shape index (κ1) is 25.8. The first-order valence-corrected chi connectivity index (χ1v) is 8.52. The van der Waals surface area contributed by atoms with E-state index in [9.17, 15) is 22.7 Å². The highest BCUT2D eigenvalue weighted by molar-refractivity contribution is 5.85. The molecule has 0 saturated carbocycles. The number of nitriles is 1. The van der Waals surface area contributed by atoms with Crippen LogP contribution in [0.3, 0.4) is 0 Å². The van der Waals surface area contributed by atoms with Crippen molar-refractivity contribution in [3.63, 3.8) is 0 Å². The molecule has 2 aromatic rings. The van der Waals surface area contributed by atoms with Gasteiger partial charge in [-0.2, -0.15) is 5.26 Å². The topological polar surface area (TPSA) is 68.5 Å². The molecular formula is C19H19Cl2F4N3O2. The van der Waals surface area contributed by atoms with Gasteiger partial charge in [0.2, 0.25) is 0 Å². The number of halogens is 6. The normalized spacial score (nSPS) is 15.3. The first-order chi connectivity index (χ1) is 13.3. The Morgan fingerprint density at radius 3 is 2.20 bits per heavy atom. The minimum Gasteiger partial charge on any atom is -0.506 e. The lowest BCUT2D eigenvalue weighted by atomic mass is 9.93. The maximum absolute atomic E-state index is 13.8. The molecular weight excluding hydrogens is 449 g/mol. The Bertz CT molecular complexity index is 883. The number of hydrogen-bond donors (Lipinski definition) is 2. The quantitative estimate of drug-likeness (QED) is 0.661. The van der Waals surface area contributed by atoms with Crippen LogP contribution >= 0.6 is 24.8 Å². The van der Waals surface area contributed by atoms with Gasteiger partial charge in [-0.15, -0.1) is 38.0 Å². The second-order valence-electron chi connectivity index (χ2n) is 6.28. The van der Waals surface area contributed by atoms with E-state index in [-0.39, 0.29) is 30.6 Å². The molecule has 0 unspecified atom stereocenters. The van der Waals surface area contributed by atoms with Crippen molar-refractivity contribution in [1.82, 2.24) is 10.2 Å². The molecule has 1 heterocycles. The van der Waals surface area contributed by atoms with Gasteiger partial charge in [0.05, 0.1) is 6.04 Å². The van der Waals surface area contributed by atoms with Gasteiger partial charge in [-0.05, 0) is 23.8 Å². The summed E-state index contributed by atoms with van der Waals surface area (Å²) in [7, 11) is 0. The number of aromatic hydroxyl groups is 1. The summed E-state index contributed by atoms with van der Waals surface area (Å²) < 4.78 is 54.9. The van der Waals surface area contributed by atoms with Gasteiger partial charge in [0, 0.05) is 31.7 Å². The molecule has 0 aromatic heterocycles. The molecule has 0 aliphatic carbocycles. The highest BCUT2D eigenvalue weighted by atomic mass is 35.5. The third kappa shape index (κ3) is 5.89. The average Bonchev–Trinajstić information content (AvgIpc) is 2.65. The summed E-state index contributed by atoms with van der Waals surface area (Å²) in [5.41, 5.74) is 0.432.